The van der Waals surface area contributed by atoms with E-state index in [1.807, 2.05) is 0 Å². The fraction of sp³-hybridized carbons (Fsp3) is 0. The van der Waals surface area contributed by atoms with E-state index >= 15 is 0 Å². The maximum Gasteiger partial charge on any atom is 0.346 e. The minimum Gasteiger partial charge on any atom is -0.508 e. The van der Waals surface area contributed by atoms with Gasteiger partial charge in [-0.3, -0.25) is 0 Å². The Morgan fingerprint density at radius 2 is 1.00 bits per heavy atom. The fourth-order valence-corrected chi connectivity index (χ4v) is 3.07. The van der Waals surface area contributed by atoms with Crippen LogP contribution in [0.2, 0.25) is 0 Å². The molecule has 0 aliphatic heterocycles. The van der Waals surface area contributed by atoms with Gasteiger partial charge in [-0.2, -0.15) is 0 Å². The Hall–Kier alpha value is -4.19. The van der Waals surface area contributed by atoms with Gasteiger partial charge in [0, 0.05) is 0 Å². The number of esters is 2. The number of phenols is 1. The van der Waals surface area contributed by atoms with E-state index in [0.717, 1.165) is 10.8 Å². The van der Waals surface area contributed by atoms with Gasteiger partial charge in [0.25, 0.3) is 0 Å². The number of rotatable bonds is 3. The molecule has 4 aromatic rings. The van der Waals surface area contributed by atoms with Gasteiger partial charge in [-0.1, -0.05) is 24.3 Å². The number of phenolic OH excluding ortho intramolecular Hbond substituents is 1. The third-order valence-electron chi connectivity index (χ3n) is 4.57. The molecule has 0 saturated carbocycles. The first-order chi connectivity index (χ1) is 13.9. The molecule has 142 valence electrons. The van der Waals surface area contributed by atoms with E-state index in [-0.39, 0.29) is 22.4 Å². The average molecular weight is 386 g/mol. The highest BCUT2D eigenvalue weighted by molar-refractivity contribution is 6.06. The Balaban J connectivity index is 1.56. The lowest BCUT2D eigenvalue weighted by Crippen LogP contribution is -2.12. The summed E-state index contributed by atoms with van der Waals surface area (Å²) in [6, 6.07) is 18.7. The zero-order chi connectivity index (χ0) is 20.5. The van der Waals surface area contributed by atoms with Gasteiger partial charge in [0.15, 0.2) is 0 Å². The molecular formula is C23H14O6. The van der Waals surface area contributed by atoms with Crippen LogP contribution in [0.15, 0.2) is 72.8 Å². The molecule has 0 radical (unpaired) electrons. The minimum absolute atomic E-state index is 0.120. The highest BCUT2D eigenvalue weighted by Crippen LogP contribution is 2.22. The first-order valence-electron chi connectivity index (χ1n) is 8.67. The summed E-state index contributed by atoms with van der Waals surface area (Å²) in [6.07, 6.45) is 0. The number of benzene rings is 4. The van der Waals surface area contributed by atoms with Crippen LogP contribution in [0.25, 0.3) is 21.5 Å². The summed E-state index contributed by atoms with van der Waals surface area (Å²) in [5.41, 5.74) is 0.538. The van der Waals surface area contributed by atoms with E-state index in [9.17, 15) is 19.5 Å². The number of hydrogen-bond donors (Lipinski definition) is 2. The molecule has 0 spiro atoms. The van der Waals surface area contributed by atoms with E-state index in [1.54, 1.807) is 42.5 Å². The van der Waals surface area contributed by atoms with Crippen molar-refractivity contribution in [3.8, 4) is 5.75 Å². The monoisotopic (exact) mass is 386 g/mol. The molecule has 0 aromatic heterocycles. The second-order valence-corrected chi connectivity index (χ2v) is 6.51. The number of carboxylic acid groups (broad SMARTS) is 1. The van der Waals surface area contributed by atoms with E-state index in [1.165, 1.54) is 30.3 Å². The molecule has 0 saturated heterocycles. The largest absolute Gasteiger partial charge is 0.508 e. The van der Waals surface area contributed by atoms with Gasteiger partial charge >= 0.3 is 17.9 Å². The third kappa shape index (κ3) is 3.64. The van der Waals surface area contributed by atoms with Gasteiger partial charge in [-0.25, -0.2) is 14.4 Å². The number of fused-ring (bicyclic) bond motifs is 2. The number of carbonyl (C=O) groups is 3. The first kappa shape index (κ1) is 18.2. The molecule has 4 rings (SSSR count). The quantitative estimate of drug-likeness (QED) is 0.400. The van der Waals surface area contributed by atoms with Crippen LogP contribution in [0.3, 0.4) is 0 Å². The molecule has 0 fully saturated rings. The van der Waals surface area contributed by atoms with Gasteiger partial charge in [-0.15, -0.1) is 0 Å². The molecule has 0 amide bonds. The Kier molecular flexibility index (Phi) is 4.44. The molecule has 0 atom stereocenters. The second kappa shape index (κ2) is 7.09. The summed E-state index contributed by atoms with van der Waals surface area (Å²) in [4.78, 5) is 35.8. The summed E-state index contributed by atoms with van der Waals surface area (Å²) >= 11 is 0. The summed E-state index contributed by atoms with van der Waals surface area (Å²) in [5, 5.41) is 21.3. The number of ether oxygens (including phenoxy) is 1. The highest BCUT2D eigenvalue weighted by Gasteiger charge is 2.16. The molecular weight excluding hydrogens is 372 g/mol. The number of aromatic hydroxyl groups is 1. The van der Waals surface area contributed by atoms with Crippen molar-refractivity contribution in [3.05, 3.63) is 89.5 Å². The molecule has 6 heteroatoms. The average Bonchev–Trinajstić information content (AvgIpc) is 2.72. The van der Waals surface area contributed by atoms with E-state index in [4.69, 9.17) is 9.84 Å². The summed E-state index contributed by atoms with van der Waals surface area (Å²) in [5.74, 6) is -2.50. The SMILES string of the molecule is O=C(O)c1ccc2cc(C(=O)OC(=O)c3ccc4cc(O)ccc4c3)ccc2c1. The maximum atomic E-state index is 12.4. The second-order valence-electron chi connectivity index (χ2n) is 6.51. The lowest BCUT2D eigenvalue weighted by molar-refractivity contribution is 0.0397. The first-order valence-corrected chi connectivity index (χ1v) is 8.67. The van der Waals surface area contributed by atoms with Gasteiger partial charge in [0.1, 0.15) is 5.75 Å². The summed E-state index contributed by atoms with van der Waals surface area (Å²) in [6.45, 7) is 0. The molecule has 2 N–H and O–H groups in total. The van der Waals surface area contributed by atoms with Crippen LogP contribution in [-0.2, 0) is 4.74 Å². The molecule has 29 heavy (non-hydrogen) atoms. The number of carboxylic acids is 1. The van der Waals surface area contributed by atoms with E-state index in [0.29, 0.717) is 10.8 Å². The molecule has 0 bridgehead atoms. The Bertz CT molecular complexity index is 1310. The van der Waals surface area contributed by atoms with Crippen molar-refractivity contribution in [1.82, 2.24) is 0 Å². The third-order valence-corrected chi connectivity index (χ3v) is 4.57. The maximum absolute atomic E-state index is 12.4. The van der Waals surface area contributed by atoms with Crippen LogP contribution in [0, 0.1) is 0 Å². The van der Waals surface area contributed by atoms with Gasteiger partial charge < -0.3 is 14.9 Å². The summed E-state index contributed by atoms with van der Waals surface area (Å²) < 4.78 is 4.98. The number of hydrogen-bond acceptors (Lipinski definition) is 5. The lowest BCUT2D eigenvalue weighted by Gasteiger charge is -2.06. The smallest absolute Gasteiger partial charge is 0.346 e. The zero-order valence-corrected chi connectivity index (χ0v) is 15.0. The molecule has 0 heterocycles. The van der Waals surface area contributed by atoms with Crippen molar-refractivity contribution in [2.45, 2.75) is 0 Å². The zero-order valence-electron chi connectivity index (χ0n) is 15.0. The Morgan fingerprint density at radius 3 is 1.52 bits per heavy atom. The molecule has 0 aliphatic carbocycles. The standard InChI is InChI=1S/C23H14O6/c24-20-8-7-15-11-19(6-3-16(15)12-20)23(28)29-22(27)18-5-2-13-9-17(21(25)26)4-1-14(13)10-18/h1-12,24H,(H,25,26). The van der Waals surface area contributed by atoms with Crippen molar-refractivity contribution in [2.24, 2.45) is 0 Å². The molecule has 0 aliphatic rings. The number of aromatic carboxylic acids is 1. The van der Waals surface area contributed by atoms with Crippen LogP contribution in [-0.4, -0.2) is 28.1 Å². The Labute approximate surface area is 164 Å². The van der Waals surface area contributed by atoms with E-state index in [2.05, 4.69) is 0 Å². The van der Waals surface area contributed by atoms with Gasteiger partial charge in [0.05, 0.1) is 16.7 Å². The van der Waals surface area contributed by atoms with Crippen LogP contribution < -0.4 is 0 Å². The fourth-order valence-electron chi connectivity index (χ4n) is 3.07. The van der Waals surface area contributed by atoms with Gasteiger partial charge in [0.2, 0.25) is 0 Å². The van der Waals surface area contributed by atoms with Crippen LogP contribution in [0.5, 0.6) is 5.75 Å². The van der Waals surface area contributed by atoms with Crippen molar-refractivity contribution >= 4 is 39.5 Å². The predicted molar refractivity (Wildman–Crippen MR) is 106 cm³/mol. The molecule has 4 aromatic carbocycles. The van der Waals surface area contributed by atoms with E-state index < -0.39 is 17.9 Å². The van der Waals surface area contributed by atoms with Gasteiger partial charge in [-0.05, 0) is 70.1 Å². The normalized spacial score (nSPS) is 10.8. The van der Waals surface area contributed by atoms with Crippen molar-refractivity contribution in [1.29, 1.82) is 0 Å². The highest BCUT2D eigenvalue weighted by atomic mass is 16.6. The minimum atomic E-state index is -1.04. The molecule has 0 unspecified atom stereocenters. The summed E-state index contributed by atoms with van der Waals surface area (Å²) in [7, 11) is 0. The van der Waals surface area contributed by atoms with Crippen LogP contribution in [0.4, 0.5) is 0 Å². The van der Waals surface area contributed by atoms with Crippen LogP contribution in [0.1, 0.15) is 31.1 Å². The Morgan fingerprint density at radius 1 is 0.586 bits per heavy atom. The lowest BCUT2D eigenvalue weighted by atomic mass is 10.0. The predicted octanol–water partition coefficient (Wildman–Crippen LogP) is 4.39. The van der Waals surface area contributed by atoms with Crippen molar-refractivity contribution in [3.63, 3.8) is 0 Å². The van der Waals surface area contributed by atoms with Crippen LogP contribution >= 0.6 is 0 Å². The number of carbonyl (C=O) groups excluding carboxylic acids is 2. The van der Waals surface area contributed by atoms with Crippen molar-refractivity contribution < 1.29 is 29.3 Å². The topological polar surface area (TPSA) is 101 Å². The molecule has 6 nitrogen and oxygen atoms in total. The van der Waals surface area contributed by atoms with Crippen molar-refractivity contribution in [2.75, 3.05) is 0 Å².